The number of ether oxygens (including phenoxy) is 1. The molecule has 1 fully saturated rings. The van der Waals surface area contributed by atoms with Gasteiger partial charge in [0.25, 0.3) is 0 Å². The molecule has 1 saturated heterocycles. The molecule has 0 spiro atoms. The van der Waals surface area contributed by atoms with Crippen LogP contribution in [0.2, 0.25) is 0 Å². The standard InChI is InChI=1S/C22H39N3O/c1-18(2)25(19(3)4)17-21-16-20(9-10-22(21)26-6)8-7-11-24-14-12-23(5)13-15-24/h9-10,16,18-19H,7-8,11-15,17H2,1-6H3. The third-order valence-corrected chi connectivity index (χ3v) is 5.56. The molecule has 0 aromatic heterocycles. The summed E-state index contributed by atoms with van der Waals surface area (Å²) in [7, 11) is 3.99. The predicted octanol–water partition coefficient (Wildman–Crippen LogP) is 3.49. The third kappa shape index (κ3) is 6.26. The normalized spacial score (nSPS) is 16.8. The second kappa shape index (κ2) is 10.3. The Morgan fingerprint density at radius 2 is 1.69 bits per heavy atom. The van der Waals surface area contributed by atoms with Crippen molar-refractivity contribution in [2.75, 3.05) is 46.9 Å². The first-order chi connectivity index (χ1) is 12.4. The lowest BCUT2D eigenvalue weighted by Crippen LogP contribution is -2.44. The Morgan fingerprint density at radius 3 is 2.27 bits per heavy atom. The van der Waals surface area contributed by atoms with E-state index in [0.29, 0.717) is 12.1 Å². The molecule has 0 bridgehead atoms. The van der Waals surface area contributed by atoms with Crippen LogP contribution in [0.15, 0.2) is 18.2 Å². The van der Waals surface area contributed by atoms with E-state index in [-0.39, 0.29) is 0 Å². The second-order valence-electron chi connectivity index (χ2n) is 8.25. The van der Waals surface area contributed by atoms with Crippen LogP contribution in [0, 0.1) is 0 Å². The van der Waals surface area contributed by atoms with Crippen LogP contribution in [-0.4, -0.2) is 73.7 Å². The van der Waals surface area contributed by atoms with Gasteiger partial charge >= 0.3 is 0 Å². The van der Waals surface area contributed by atoms with E-state index in [0.717, 1.165) is 18.7 Å². The van der Waals surface area contributed by atoms with Gasteiger partial charge in [-0.15, -0.1) is 0 Å². The van der Waals surface area contributed by atoms with Gasteiger partial charge in [-0.05, 0) is 65.8 Å². The number of likely N-dealkylation sites (N-methyl/N-ethyl adjacent to an activating group) is 1. The first-order valence-corrected chi connectivity index (χ1v) is 10.2. The van der Waals surface area contributed by atoms with Gasteiger partial charge in [0, 0.05) is 50.4 Å². The maximum atomic E-state index is 5.63. The summed E-state index contributed by atoms with van der Waals surface area (Å²) in [5.74, 6) is 1.01. The van der Waals surface area contributed by atoms with Gasteiger partial charge in [-0.2, -0.15) is 0 Å². The van der Waals surface area contributed by atoms with Gasteiger partial charge < -0.3 is 14.5 Å². The van der Waals surface area contributed by atoms with E-state index in [1.54, 1.807) is 7.11 Å². The highest BCUT2D eigenvalue weighted by Gasteiger charge is 2.17. The highest BCUT2D eigenvalue weighted by atomic mass is 16.5. The number of hydrogen-bond acceptors (Lipinski definition) is 4. The summed E-state index contributed by atoms with van der Waals surface area (Å²) in [6.45, 7) is 16.1. The van der Waals surface area contributed by atoms with Crippen molar-refractivity contribution in [3.63, 3.8) is 0 Å². The highest BCUT2D eigenvalue weighted by Crippen LogP contribution is 2.24. The minimum Gasteiger partial charge on any atom is -0.496 e. The van der Waals surface area contributed by atoms with Gasteiger partial charge in [-0.25, -0.2) is 0 Å². The van der Waals surface area contributed by atoms with E-state index >= 15 is 0 Å². The number of nitrogens with zero attached hydrogens (tertiary/aromatic N) is 3. The SMILES string of the molecule is COc1ccc(CCCN2CCN(C)CC2)cc1CN(C(C)C)C(C)C. The van der Waals surface area contributed by atoms with Crippen LogP contribution in [0.5, 0.6) is 5.75 Å². The van der Waals surface area contributed by atoms with Gasteiger partial charge in [0.1, 0.15) is 5.75 Å². The van der Waals surface area contributed by atoms with E-state index in [1.807, 2.05) is 0 Å². The van der Waals surface area contributed by atoms with E-state index in [9.17, 15) is 0 Å². The van der Waals surface area contributed by atoms with Crippen molar-refractivity contribution < 1.29 is 4.74 Å². The molecule has 26 heavy (non-hydrogen) atoms. The number of benzene rings is 1. The Labute approximate surface area is 161 Å². The van der Waals surface area contributed by atoms with Crippen molar-refractivity contribution in [1.82, 2.24) is 14.7 Å². The molecule has 1 aliphatic heterocycles. The molecule has 4 nitrogen and oxygen atoms in total. The van der Waals surface area contributed by atoms with Gasteiger partial charge in [0.05, 0.1) is 7.11 Å². The molecule has 0 amide bonds. The van der Waals surface area contributed by atoms with Gasteiger partial charge in [0.2, 0.25) is 0 Å². The number of hydrogen-bond donors (Lipinski definition) is 0. The first kappa shape index (κ1) is 21.2. The lowest BCUT2D eigenvalue weighted by atomic mass is 10.0. The molecule has 0 unspecified atom stereocenters. The fourth-order valence-corrected chi connectivity index (χ4v) is 3.85. The molecule has 148 valence electrons. The lowest BCUT2D eigenvalue weighted by molar-refractivity contribution is 0.153. The Balaban J connectivity index is 1.95. The maximum Gasteiger partial charge on any atom is 0.123 e. The number of methoxy groups -OCH3 is 1. The quantitative estimate of drug-likeness (QED) is 0.670. The average Bonchev–Trinajstić information content (AvgIpc) is 2.61. The van der Waals surface area contributed by atoms with Gasteiger partial charge in [-0.3, -0.25) is 4.90 Å². The predicted molar refractivity (Wildman–Crippen MR) is 111 cm³/mol. The fourth-order valence-electron chi connectivity index (χ4n) is 3.85. The lowest BCUT2D eigenvalue weighted by Gasteiger charge is -2.32. The van der Waals surface area contributed by atoms with Crippen molar-refractivity contribution >= 4 is 0 Å². The Kier molecular flexibility index (Phi) is 8.39. The van der Waals surface area contributed by atoms with Crippen molar-refractivity contribution in [1.29, 1.82) is 0 Å². The maximum absolute atomic E-state index is 5.63. The highest BCUT2D eigenvalue weighted by molar-refractivity contribution is 5.37. The van der Waals surface area contributed by atoms with Crippen LogP contribution < -0.4 is 4.74 Å². The molecule has 0 N–H and O–H groups in total. The van der Waals surface area contributed by atoms with E-state index in [1.165, 1.54) is 50.3 Å². The van der Waals surface area contributed by atoms with Crippen LogP contribution in [0.25, 0.3) is 0 Å². The minimum atomic E-state index is 0.528. The zero-order chi connectivity index (χ0) is 19.1. The van der Waals surface area contributed by atoms with Crippen LogP contribution in [0.4, 0.5) is 0 Å². The van der Waals surface area contributed by atoms with Gasteiger partial charge in [-0.1, -0.05) is 12.1 Å². The van der Waals surface area contributed by atoms with Gasteiger partial charge in [0.15, 0.2) is 0 Å². The first-order valence-electron chi connectivity index (χ1n) is 10.2. The van der Waals surface area contributed by atoms with Crippen molar-refractivity contribution in [2.24, 2.45) is 0 Å². The van der Waals surface area contributed by atoms with Crippen LogP contribution in [0.3, 0.4) is 0 Å². The minimum absolute atomic E-state index is 0.528. The van der Waals surface area contributed by atoms with Crippen molar-refractivity contribution in [3.8, 4) is 5.75 Å². The second-order valence-corrected chi connectivity index (χ2v) is 8.25. The molecule has 1 aliphatic rings. The molecule has 2 rings (SSSR count). The summed E-state index contributed by atoms with van der Waals surface area (Å²) >= 11 is 0. The van der Waals surface area contributed by atoms with E-state index in [2.05, 4.69) is 67.6 Å². The molecular weight excluding hydrogens is 322 g/mol. The smallest absolute Gasteiger partial charge is 0.123 e. The van der Waals surface area contributed by atoms with Crippen LogP contribution >= 0.6 is 0 Å². The Hall–Kier alpha value is -1.10. The summed E-state index contributed by atoms with van der Waals surface area (Å²) in [6.07, 6.45) is 2.38. The van der Waals surface area contributed by atoms with Crippen molar-refractivity contribution in [3.05, 3.63) is 29.3 Å². The molecule has 1 aromatic rings. The molecule has 4 heteroatoms. The molecule has 1 heterocycles. The summed E-state index contributed by atoms with van der Waals surface area (Å²) in [6, 6.07) is 7.81. The molecular formula is C22H39N3O. The summed E-state index contributed by atoms with van der Waals surface area (Å²) in [5.41, 5.74) is 2.74. The van der Waals surface area contributed by atoms with E-state index in [4.69, 9.17) is 4.74 Å². The number of piperazine rings is 1. The monoisotopic (exact) mass is 361 g/mol. The van der Waals surface area contributed by atoms with Crippen LogP contribution in [-0.2, 0) is 13.0 Å². The molecule has 0 atom stereocenters. The number of aryl methyl sites for hydroxylation is 1. The zero-order valence-electron chi connectivity index (χ0n) is 17.8. The van der Waals surface area contributed by atoms with Crippen LogP contribution in [0.1, 0.15) is 45.2 Å². The molecule has 0 radical (unpaired) electrons. The molecule has 0 aliphatic carbocycles. The topological polar surface area (TPSA) is 19.0 Å². The fraction of sp³-hybridized carbons (Fsp3) is 0.727. The van der Waals surface area contributed by atoms with E-state index < -0.39 is 0 Å². The molecule has 1 aromatic carbocycles. The average molecular weight is 362 g/mol. The molecule has 0 saturated carbocycles. The number of rotatable bonds is 9. The third-order valence-electron chi connectivity index (χ3n) is 5.56. The Morgan fingerprint density at radius 1 is 1.04 bits per heavy atom. The Bertz CT molecular complexity index is 528. The summed E-state index contributed by atoms with van der Waals surface area (Å²) in [4.78, 5) is 7.54. The largest absolute Gasteiger partial charge is 0.496 e. The summed E-state index contributed by atoms with van der Waals surface area (Å²) < 4.78 is 5.63. The van der Waals surface area contributed by atoms with Crippen molar-refractivity contribution in [2.45, 2.75) is 59.2 Å². The zero-order valence-corrected chi connectivity index (χ0v) is 17.8. The summed E-state index contributed by atoms with van der Waals surface area (Å²) in [5, 5.41) is 0.